The SMILES string of the molecule is CC(C)[C@@H]1COC(=O)N1C(=O)[C@H]1CN(Cc2ccccc2)C[C@@H]1C1CC1. The van der Waals surface area contributed by atoms with Crippen molar-refractivity contribution in [3.8, 4) is 0 Å². The second-order valence-corrected chi connectivity index (χ2v) is 8.38. The molecule has 0 spiro atoms. The van der Waals surface area contributed by atoms with E-state index in [1.54, 1.807) is 0 Å². The van der Waals surface area contributed by atoms with Gasteiger partial charge in [0.05, 0.1) is 12.0 Å². The Kier molecular flexibility index (Phi) is 4.74. The molecule has 0 radical (unpaired) electrons. The number of likely N-dealkylation sites (tertiary alicyclic amines) is 1. The number of hydrogen-bond donors (Lipinski definition) is 0. The van der Waals surface area contributed by atoms with E-state index in [0.29, 0.717) is 18.4 Å². The molecule has 2 aliphatic heterocycles. The van der Waals surface area contributed by atoms with E-state index in [0.717, 1.165) is 19.6 Å². The predicted octanol–water partition coefficient (Wildman–Crippen LogP) is 3.15. The monoisotopic (exact) mass is 356 g/mol. The van der Waals surface area contributed by atoms with Crippen LogP contribution >= 0.6 is 0 Å². The lowest BCUT2D eigenvalue weighted by Gasteiger charge is -2.27. The van der Waals surface area contributed by atoms with Crippen LogP contribution in [0.5, 0.6) is 0 Å². The highest BCUT2D eigenvalue weighted by molar-refractivity contribution is 5.95. The van der Waals surface area contributed by atoms with Gasteiger partial charge >= 0.3 is 6.09 Å². The van der Waals surface area contributed by atoms with Crippen LogP contribution in [0.2, 0.25) is 0 Å². The third-order valence-corrected chi connectivity index (χ3v) is 6.15. The molecule has 2 heterocycles. The maximum Gasteiger partial charge on any atom is 0.416 e. The maximum absolute atomic E-state index is 13.3. The van der Waals surface area contributed by atoms with E-state index in [2.05, 4.69) is 29.2 Å². The lowest BCUT2D eigenvalue weighted by atomic mass is 9.89. The minimum Gasteiger partial charge on any atom is -0.447 e. The summed E-state index contributed by atoms with van der Waals surface area (Å²) >= 11 is 0. The first kappa shape index (κ1) is 17.5. The van der Waals surface area contributed by atoms with E-state index in [9.17, 15) is 9.59 Å². The second kappa shape index (κ2) is 7.03. The van der Waals surface area contributed by atoms with Gasteiger partial charge in [-0.2, -0.15) is 0 Å². The van der Waals surface area contributed by atoms with Crippen molar-refractivity contribution in [2.24, 2.45) is 23.7 Å². The van der Waals surface area contributed by atoms with Crippen molar-refractivity contribution in [1.29, 1.82) is 0 Å². The molecule has 1 aliphatic carbocycles. The summed E-state index contributed by atoms with van der Waals surface area (Å²) in [5.41, 5.74) is 1.27. The summed E-state index contributed by atoms with van der Waals surface area (Å²) in [5, 5.41) is 0. The summed E-state index contributed by atoms with van der Waals surface area (Å²) in [6.45, 7) is 6.97. The van der Waals surface area contributed by atoms with Gasteiger partial charge in [0.25, 0.3) is 0 Å². The van der Waals surface area contributed by atoms with Crippen molar-refractivity contribution in [2.75, 3.05) is 19.7 Å². The minimum atomic E-state index is -0.454. The molecule has 1 aromatic rings. The first-order valence-electron chi connectivity index (χ1n) is 9.80. The molecule has 26 heavy (non-hydrogen) atoms. The number of benzene rings is 1. The highest BCUT2D eigenvalue weighted by atomic mass is 16.6. The molecule has 1 saturated carbocycles. The zero-order chi connectivity index (χ0) is 18.3. The number of carbonyl (C=O) groups excluding carboxylic acids is 2. The number of rotatable bonds is 5. The third kappa shape index (κ3) is 3.37. The van der Waals surface area contributed by atoms with Crippen LogP contribution in [0.25, 0.3) is 0 Å². The van der Waals surface area contributed by atoms with Gasteiger partial charge in [0.15, 0.2) is 0 Å². The van der Waals surface area contributed by atoms with Gasteiger partial charge < -0.3 is 4.74 Å². The third-order valence-electron chi connectivity index (χ3n) is 6.15. The zero-order valence-electron chi connectivity index (χ0n) is 15.6. The number of nitrogens with zero attached hydrogens (tertiary/aromatic N) is 2. The molecule has 1 aromatic carbocycles. The lowest BCUT2D eigenvalue weighted by Crippen LogP contribution is -2.46. The molecule has 0 N–H and O–H groups in total. The number of cyclic esters (lactones) is 1. The first-order chi connectivity index (χ1) is 12.5. The van der Waals surface area contributed by atoms with E-state index >= 15 is 0 Å². The summed E-state index contributed by atoms with van der Waals surface area (Å²) in [5.74, 6) is 1.12. The number of imide groups is 1. The molecule has 140 valence electrons. The lowest BCUT2D eigenvalue weighted by molar-refractivity contribution is -0.135. The van der Waals surface area contributed by atoms with E-state index in [4.69, 9.17) is 4.74 Å². The van der Waals surface area contributed by atoms with Crippen molar-refractivity contribution < 1.29 is 14.3 Å². The fraction of sp³-hybridized carbons (Fsp3) is 0.619. The zero-order valence-corrected chi connectivity index (χ0v) is 15.6. The van der Waals surface area contributed by atoms with Gasteiger partial charge in [-0.3, -0.25) is 9.69 Å². The van der Waals surface area contributed by atoms with E-state index < -0.39 is 6.09 Å². The quantitative estimate of drug-likeness (QED) is 0.813. The molecule has 4 rings (SSSR count). The molecule has 5 heteroatoms. The van der Waals surface area contributed by atoms with Crippen LogP contribution in [-0.4, -0.2) is 47.5 Å². The average Bonchev–Trinajstić information content (AvgIpc) is 3.27. The van der Waals surface area contributed by atoms with E-state index in [1.807, 2.05) is 19.9 Å². The molecule has 0 bridgehead atoms. The van der Waals surface area contributed by atoms with Crippen LogP contribution in [0, 0.1) is 23.7 Å². The van der Waals surface area contributed by atoms with Gasteiger partial charge in [0.1, 0.15) is 6.61 Å². The van der Waals surface area contributed by atoms with E-state index in [1.165, 1.54) is 23.3 Å². The Bertz CT molecular complexity index is 671. The molecular weight excluding hydrogens is 328 g/mol. The largest absolute Gasteiger partial charge is 0.447 e. The second-order valence-electron chi connectivity index (χ2n) is 8.38. The first-order valence-corrected chi connectivity index (χ1v) is 9.80. The molecular formula is C21H28N2O3. The number of amides is 2. The summed E-state index contributed by atoms with van der Waals surface area (Å²) in [4.78, 5) is 29.3. The molecule has 0 aromatic heterocycles. The van der Waals surface area contributed by atoms with Crippen molar-refractivity contribution in [2.45, 2.75) is 39.3 Å². The highest BCUT2D eigenvalue weighted by Gasteiger charge is 2.50. The van der Waals surface area contributed by atoms with Crippen molar-refractivity contribution in [3.05, 3.63) is 35.9 Å². The van der Waals surface area contributed by atoms with Crippen molar-refractivity contribution >= 4 is 12.0 Å². The molecule has 2 saturated heterocycles. The van der Waals surface area contributed by atoms with Crippen LogP contribution in [0.15, 0.2) is 30.3 Å². The smallest absolute Gasteiger partial charge is 0.416 e. The maximum atomic E-state index is 13.3. The van der Waals surface area contributed by atoms with Crippen LogP contribution in [0.1, 0.15) is 32.3 Å². The van der Waals surface area contributed by atoms with Gasteiger partial charge in [-0.15, -0.1) is 0 Å². The fourth-order valence-corrected chi connectivity index (χ4v) is 4.51. The highest BCUT2D eigenvalue weighted by Crippen LogP contribution is 2.45. The Hall–Kier alpha value is -1.88. The van der Waals surface area contributed by atoms with Gasteiger partial charge in [-0.1, -0.05) is 44.2 Å². The summed E-state index contributed by atoms with van der Waals surface area (Å²) < 4.78 is 5.21. The van der Waals surface area contributed by atoms with Crippen LogP contribution in [0.3, 0.4) is 0 Å². The van der Waals surface area contributed by atoms with Gasteiger partial charge in [0, 0.05) is 19.6 Å². The summed E-state index contributed by atoms with van der Waals surface area (Å²) in [7, 11) is 0. The van der Waals surface area contributed by atoms with Gasteiger partial charge in [-0.25, -0.2) is 9.69 Å². The number of hydrogen-bond acceptors (Lipinski definition) is 4. The predicted molar refractivity (Wildman–Crippen MR) is 98.2 cm³/mol. The average molecular weight is 356 g/mol. The Morgan fingerprint density at radius 2 is 1.92 bits per heavy atom. The van der Waals surface area contributed by atoms with Crippen molar-refractivity contribution in [3.63, 3.8) is 0 Å². The van der Waals surface area contributed by atoms with Crippen molar-refractivity contribution in [1.82, 2.24) is 9.80 Å². The Morgan fingerprint density at radius 3 is 2.58 bits per heavy atom. The molecule has 5 nitrogen and oxygen atoms in total. The van der Waals surface area contributed by atoms with E-state index in [-0.39, 0.29) is 23.8 Å². The van der Waals surface area contributed by atoms with Crippen LogP contribution in [0.4, 0.5) is 4.79 Å². The topological polar surface area (TPSA) is 49.9 Å². The Morgan fingerprint density at radius 1 is 1.19 bits per heavy atom. The Balaban J connectivity index is 1.50. The Labute approximate surface area is 155 Å². The summed E-state index contributed by atoms with van der Waals surface area (Å²) in [6, 6.07) is 10.3. The molecule has 3 atom stereocenters. The fourth-order valence-electron chi connectivity index (χ4n) is 4.51. The molecule has 3 fully saturated rings. The van der Waals surface area contributed by atoms with Crippen LogP contribution in [-0.2, 0) is 16.1 Å². The van der Waals surface area contributed by atoms with Gasteiger partial charge in [0.2, 0.25) is 5.91 Å². The molecule has 0 unspecified atom stereocenters. The summed E-state index contributed by atoms with van der Waals surface area (Å²) in [6.07, 6.45) is 1.97. The minimum absolute atomic E-state index is 0.0151. The number of ether oxygens (including phenoxy) is 1. The standard InChI is InChI=1S/C21H28N2O3/c1-14(2)19-13-26-21(25)23(19)20(24)18-12-22(11-17(18)16-8-9-16)10-15-6-4-3-5-7-15/h3-7,14,16-19H,8-13H2,1-2H3/t17-,18+,19+/m1/s1. The molecule has 2 amide bonds. The normalized spacial score (nSPS) is 29.4. The van der Waals surface area contributed by atoms with Gasteiger partial charge in [-0.05, 0) is 36.2 Å². The molecule has 3 aliphatic rings. The number of carbonyl (C=O) groups is 2. The van der Waals surface area contributed by atoms with Crippen LogP contribution < -0.4 is 0 Å².